The zero-order valence-corrected chi connectivity index (χ0v) is 13.9. The van der Waals surface area contributed by atoms with Gasteiger partial charge in [-0.3, -0.25) is 4.68 Å². The lowest BCUT2D eigenvalue weighted by Gasteiger charge is -2.32. The smallest absolute Gasteiger partial charge is 0.398 e. The first-order valence-corrected chi connectivity index (χ1v) is 7.58. The minimum absolute atomic E-state index is 0.456. The van der Waals surface area contributed by atoms with Crippen molar-refractivity contribution in [3.05, 3.63) is 23.7 Å². The van der Waals surface area contributed by atoms with Gasteiger partial charge in [0.15, 0.2) is 0 Å². The highest BCUT2D eigenvalue weighted by molar-refractivity contribution is 6.54. The van der Waals surface area contributed by atoms with Crippen LogP contribution in [-0.4, -0.2) is 41.3 Å². The van der Waals surface area contributed by atoms with Gasteiger partial charge in [-0.05, 0) is 40.7 Å². The number of aromatic nitrogens is 2. The predicted octanol–water partition coefficient (Wildman–Crippen LogP) is 2.86. The molecule has 2 heterocycles. The SMILES string of the molecule is CCOCCn1cc(C=C(F)B2OC(C)(C)C(C)(C)O2)cn1. The van der Waals surface area contributed by atoms with Gasteiger partial charge in [-0.15, -0.1) is 0 Å². The average Bonchev–Trinajstić information content (AvgIpc) is 2.93. The van der Waals surface area contributed by atoms with Crippen LogP contribution in [0.3, 0.4) is 0 Å². The Hall–Kier alpha value is -1.18. The van der Waals surface area contributed by atoms with Gasteiger partial charge in [0.2, 0.25) is 0 Å². The van der Waals surface area contributed by atoms with E-state index < -0.39 is 24.0 Å². The summed E-state index contributed by atoms with van der Waals surface area (Å²) in [7, 11) is -0.975. The lowest BCUT2D eigenvalue weighted by atomic mass is 9.87. The summed E-state index contributed by atoms with van der Waals surface area (Å²) in [6, 6.07) is 0. The first-order valence-electron chi connectivity index (χ1n) is 7.58. The van der Waals surface area contributed by atoms with E-state index in [9.17, 15) is 4.39 Å². The molecule has 7 heteroatoms. The maximum atomic E-state index is 14.3. The zero-order chi connectivity index (χ0) is 16.4. The van der Waals surface area contributed by atoms with Gasteiger partial charge in [-0.1, -0.05) is 0 Å². The van der Waals surface area contributed by atoms with E-state index in [0.29, 0.717) is 25.3 Å². The quantitative estimate of drug-likeness (QED) is 0.599. The van der Waals surface area contributed by atoms with E-state index in [2.05, 4.69) is 5.10 Å². The summed E-state index contributed by atoms with van der Waals surface area (Å²) >= 11 is 0. The second-order valence-electron chi connectivity index (χ2n) is 6.35. The molecule has 2 rings (SSSR count). The first-order chi connectivity index (χ1) is 10.2. The molecule has 0 atom stereocenters. The number of rotatable bonds is 6. The molecule has 0 amide bonds. The number of nitrogens with zero attached hydrogens (tertiary/aromatic N) is 2. The molecule has 1 aliphatic rings. The number of ether oxygens (including phenoxy) is 1. The highest BCUT2D eigenvalue weighted by Gasteiger charge is 2.53. The highest BCUT2D eigenvalue weighted by Crippen LogP contribution is 2.38. The van der Waals surface area contributed by atoms with Crippen LogP contribution in [0.5, 0.6) is 0 Å². The van der Waals surface area contributed by atoms with E-state index in [4.69, 9.17) is 14.0 Å². The van der Waals surface area contributed by atoms with Crippen LogP contribution in [0, 0.1) is 0 Å². The van der Waals surface area contributed by atoms with Crippen LogP contribution in [0.25, 0.3) is 6.08 Å². The Morgan fingerprint density at radius 2 is 2.00 bits per heavy atom. The molecule has 0 unspecified atom stereocenters. The molecular weight excluding hydrogens is 286 g/mol. The van der Waals surface area contributed by atoms with Crippen LogP contribution in [0.15, 0.2) is 18.1 Å². The average molecular weight is 310 g/mol. The fraction of sp³-hybridized carbons (Fsp3) is 0.667. The molecule has 0 bridgehead atoms. The number of halogens is 1. The van der Waals surface area contributed by atoms with Gasteiger partial charge in [-0.2, -0.15) is 5.10 Å². The van der Waals surface area contributed by atoms with E-state index in [1.54, 1.807) is 17.1 Å². The van der Waals surface area contributed by atoms with E-state index >= 15 is 0 Å². The zero-order valence-electron chi connectivity index (χ0n) is 13.9. The predicted molar refractivity (Wildman–Crippen MR) is 83.9 cm³/mol. The Morgan fingerprint density at radius 1 is 1.36 bits per heavy atom. The van der Waals surface area contributed by atoms with Crippen molar-refractivity contribution in [3.63, 3.8) is 0 Å². The molecular formula is C15H24BFN2O3. The van der Waals surface area contributed by atoms with Crippen molar-refractivity contribution in [1.82, 2.24) is 9.78 Å². The van der Waals surface area contributed by atoms with Crippen molar-refractivity contribution in [2.45, 2.75) is 52.4 Å². The van der Waals surface area contributed by atoms with Crippen molar-refractivity contribution in [3.8, 4) is 0 Å². The molecule has 0 N–H and O–H groups in total. The normalized spacial score (nSPS) is 20.6. The van der Waals surface area contributed by atoms with Gasteiger partial charge in [0.25, 0.3) is 0 Å². The largest absolute Gasteiger partial charge is 0.525 e. The van der Waals surface area contributed by atoms with Crippen molar-refractivity contribution in [2.24, 2.45) is 0 Å². The monoisotopic (exact) mass is 310 g/mol. The molecule has 5 nitrogen and oxygen atoms in total. The molecule has 0 spiro atoms. The maximum absolute atomic E-state index is 14.3. The van der Waals surface area contributed by atoms with Crippen molar-refractivity contribution in [1.29, 1.82) is 0 Å². The Balaban J connectivity index is 2.01. The van der Waals surface area contributed by atoms with Crippen LogP contribution in [0.2, 0.25) is 0 Å². The molecule has 0 aliphatic carbocycles. The third-order valence-corrected chi connectivity index (χ3v) is 4.11. The number of hydrogen-bond donors (Lipinski definition) is 0. The van der Waals surface area contributed by atoms with Crippen LogP contribution in [0.4, 0.5) is 4.39 Å². The number of hydrogen-bond acceptors (Lipinski definition) is 4. The fourth-order valence-electron chi connectivity index (χ4n) is 2.06. The molecule has 0 aromatic carbocycles. The summed E-state index contributed by atoms with van der Waals surface area (Å²) in [6.45, 7) is 11.4. The molecule has 122 valence electrons. The van der Waals surface area contributed by atoms with E-state index in [1.807, 2.05) is 34.6 Å². The minimum atomic E-state index is -0.975. The summed E-state index contributed by atoms with van der Waals surface area (Å²) < 4.78 is 32.7. The summed E-state index contributed by atoms with van der Waals surface area (Å²) in [5.41, 5.74) is -0.888. The van der Waals surface area contributed by atoms with Crippen molar-refractivity contribution < 1.29 is 18.4 Å². The van der Waals surface area contributed by atoms with Crippen LogP contribution in [-0.2, 0) is 20.6 Å². The van der Waals surface area contributed by atoms with Crippen molar-refractivity contribution >= 4 is 13.2 Å². The van der Waals surface area contributed by atoms with E-state index in [-0.39, 0.29) is 0 Å². The molecule has 1 fully saturated rings. The summed E-state index contributed by atoms with van der Waals surface area (Å²) in [4.78, 5) is 0. The van der Waals surface area contributed by atoms with E-state index in [0.717, 1.165) is 0 Å². The summed E-state index contributed by atoms with van der Waals surface area (Å²) in [5, 5.41) is 4.17. The van der Waals surface area contributed by atoms with Crippen LogP contribution in [0.1, 0.15) is 40.2 Å². The fourth-order valence-corrected chi connectivity index (χ4v) is 2.06. The van der Waals surface area contributed by atoms with Gasteiger partial charge in [-0.25, -0.2) is 4.39 Å². The summed E-state index contributed by atoms with van der Waals surface area (Å²) in [6.07, 6.45) is 4.77. The molecule has 1 aliphatic heterocycles. The van der Waals surface area contributed by atoms with Gasteiger partial charge < -0.3 is 14.0 Å². The Kier molecular flexibility index (Phi) is 5.09. The molecule has 0 radical (unpaired) electrons. The third-order valence-electron chi connectivity index (χ3n) is 4.11. The standard InChI is InChI=1S/C15H24BFN2O3/c1-6-20-8-7-19-11-12(10-18-19)9-13(17)16-21-14(2,3)15(4,5)22-16/h9-11H,6-8H2,1-5H3. The molecule has 1 aromatic rings. The van der Waals surface area contributed by atoms with Gasteiger partial charge in [0.1, 0.15) is 5.73 Å². The second kappa shape index (κ2) is 6.52. The second-order valence-corrected chi connectivity index (χ2v) is 6.35. The Bertz CT molecular complexity index is 527. The molecule has 1 aromatic heterocycles. The van der Waals surface area contributed by atoms with Gasteiger partial charge in [0, 0.05) is 18.4 Å². The topological polar surface area (TPSA) is 45.5 Å². The summed E-state index contributed by atoms with van der Waals surface area (Å²) in [5.74, 6) is 0. The van der Waals surface area contributed by atoms with Crippen LogP contribution >= 0.6 is 0 Å². The van der Waals surface area contributed by atoms with Gasteiger partial charge in [0.05, 0.1) is 30.6 Å². The molecule has 22 heavy (non-hydrogen) atoms. The third kappa shape index (κ3) is 3.77. The Labute approximate surface area is 131 Å². The first kappa shape index (κ1) is 17.2. The minimum Gasteiger partial charge on any atom is -0.398 e. The lowest BCUT2D eigenvalue weighted by molar-refractivity contribution is 0.00578. The highest BCUT2D eigenvalue weighted by atomic mass is 19.1. The Morgan fingerprint density at radius 3 is 2.59 bits per heavy atom. The van der Waals surface area contributed by atoms with E-state index in [1.165, 1.54) is 6.08 Å². The molecule has 1 saturated heterocycles. The van der Waals surface area contributed by atoms with Crippen LogP contribution < -0.4 is 0 Å². The maximum Gasteiger partial charge on any atom is 0.525 e. The van der Waals surface area contributed by atoms with Crippen molar-refractivity contribution in [2.75, 3.05) is 13.2 Å². The molecule has 0 saturated carbocycles. The lowest BCUT2D eigenvalue weighted by Crippen LogP contribution is -2.41. The van der Waals surface area contributed by atoms with Gasteiger partial charge >= 0.3 is 7.12 Å².